The summed E-state index contributed by atoms with van der Waals surface area (Å²) in [5, 5.41) is 27.1. The lowest BCUT2D eigenvalue weighted by Gasteiger charge is -2.32. The Labute approximate surface area is 339 Å². The van der Waals surface area contributed by atoms with Gasteiger partial charge in [0.2, 0.25) is 11.1 Å². The zero-order valence-corrected chi connectivity index (χ0v) is 32.2. The normalized spacial score (nSPS) is 26.0. The Kier molecular flexibility index (Phi) is 8.50. The van der Waals surface area contributed by atoms with Crippen LogP contribution in [0, 0.1) is 22.7 Å². The Morgan fingerprint density at radius 2 is 0.967 bits per heavy atom. The molecule has 0 unspecified atom stereocenters. The highest BCUT2D eigenvalue weighted by atomic mass is 16.8. The van der Waals surface area contributed by atoms with E-state index in [9.17, 15) is 29.7 Å². The zero-order valence-electron chi connectivity index (χ0n) is 32.2. The van der Waals surface area contributed by atoms with Crippen molar-refractivity contribution in [3.63, 3.8) is 0 Å². The van der Waals surface area contributed by atoms with Crippen LogP contribution in [0.5, 0.6) is 23.0 Å². The molecule has 16 nitrogen and oxygen atoms in total. The number of para-hydroxylation sites is 2. The summed E-state index contributed by atoms with van der Waals surface area (Å²) in [5.74, 6) is -4.58. The van der Waals surface area contributed by atoms with E-state index in [1.807, 2.05) is 0 Å². The first-order chi connectivity index (χ1) is 28.9. The second-order valence-corrected chi connectivity index (χ2v) is 14.4. The molecule has 6 heterocycles. The smallest absolute Gasteiger partial charge is 0.351 e. The number of rotatable bonds is 6. The van der Waals surface area contributed by atoms with E-state index in [2.05, 4.69) is 22.8 Å². The lowest BCUT2D eigenvalue weighted by molar-refractivity contribution is -0.174. The largest absolute Gasteiger partial charge is 0.497 e. The molecule has 16 heteroatoms. The summed E-state index contributed by atoms with van der Waals surface area (Å²) in [4.78, 5) is 49.7. The van der Waals surface area contributed by atoms with Crippen molar-refractivity contribution < 1.29 is 46.8 Å². The number of benzene rings is 4. The minimum Gasteiger partial charge on any atom is -0.497 e. The number of nitriles is 2. The number of methoxy groups -OCH3 is 2. The number of carbonyl (C=O) groups is 2. The first-order valence-corrected chi connectivity index (χ1v) is 18.5. The minimum atomic E-state index is -1.71. The molecule has 0 amide bonds. The van der Waals surface area contributed by atoms with E-state index in [-0.39, 0.29) is 22.6 Å². The quantitative estimate of drug-likeness (QED) is 0.130. The molecule has 0 radical (unpaired) electrons. The van der Waals surface area contributed by atoms with Crippen molar-refractivity contribution in [1.82, 2.24) is 10.6 Å². The van der Waals surface area contributed by atoms with Gasteiger partial charge < -0.3 is 37.3 Å². The van der Waals surface area contributed by atoms with E-state index in [1.54, 1.807) is 111 Å². The highest BCUT2D eigenvalue weighted by Gasteiger charge is 2.83. The Morgan fingerprint density at radius 3 is 1.30 bits per heavy atom. The number of nitrogens with zero attached hydrogens (tertiary/aromatic N) is 2. The Morgan fingerprint density at radius 1 is 0.600 bits per heavy atom. The van der Waals surface area contributed by atoms with Crippen LogP contribution >= 0.6 is 0 Å². The SMILES string of the molecule is COc1ccc([C@H]2c3c(c4ccccc4oc3=O)O[C@@]3(OC(C)=O)N[C@@]23C#N)cc1.COc1ccc([C@H]2c3c(c4ccccc4oc3=O)O[C@@]3(OC(C)=O)N[C@@]23C#N)cc1. The van der Waals surface area contributed by atoms with E-state index < -0.39 is 57.9 Å². The molecule has 60 heavy (non-hydrogen) atoms. The first kappa shape index (κ1) is 37.9. The molecule has 4 aliphatic heterocycles. The van der Waals surface area contributed by atoms with Gasteiger partial charge in [-0.2, -0.15) is 10.5 Å². The molecule has 4 aliphatic rings. The topological polar surface area (TPSA) is 241 Å². The summed E-state index contributed by atoms with van der Waals surface area (Å²) < 4.78 is 44.4. The Hall–Kier alpha value is -7.66. The summed E-state index contributed by atoms with van der Waals surface area (Å²) >= 11 is 0. The van der Waals surface area contributed by atoms with Gasteiger partial charge in [-0.15, -0.1) is 0 Å². The standard InChI is InChI=1S/2C22H16N2O6/c2*1-12(25)29-22-21(11-23,24-22)18(13-7-9-14(27-2)10-8-13)17-19(30-22)15-5-3-4-6-16(15)28-20(17)26/h2*3-10,18,24H,1-2H3/t2*18-,21-,22+/m00/s1. The molecule has 6 aromatic rings. The number of nitrogens with one attached hydrogen (secondary N) is 2. The predicted molar refractivity (Wildman–Crippen MR) is 208 cm³/mol. The van der Waals surface area contributed by atoms with Crippen LogP contribution < -0.4 is 40.8 Å². The van der Waals surface area contributed by atoms with Gasteiger partial charge in [0, 0.05) is 13.8 Å². The van der Waals surface area contributed by atoms with Gasteiger partial charge in [0.25, 0.3) is 0 Å². The monoisotopic (exact) mass is 808 g/mol. The highest BCUT2D eigenvalue weighted by Crippen LogP contribution is 2.60. The van der Waals surface area contributed by atoms with Crippen molar-refractivity contribution in [3.8, 4) is 35.1 Å². The van der Waals surface area contributed by atoms with Crippen molar-refractivity contribution in [2.75, 3.05) is 14.2 Å². The second-order valence-electron chi connectivity index (χ2n) is 14.4. The minimum absolute atomic E-state index is 0.188. The van der Waals surface area contributed by atoms with Crippen molar-refractivity contribution >= 4 is 33.9 Å². The maximum Gasteiger partial charge on any atom is 0.351 e. The van der Waals surface area contributed by atoms with Crippen molar-refractivity contribution in [2.45, 2.75) is 48.6 Å². The molecule has 0 saturated carbocycles. The third kappa shape index (κ3) is 5.42. The van der Waals surface area contributed by atoms with Gasteiger partial charge >= 0.3 is 35.0 Å². The number of ether oxygens (including phenoxy) is 6. The summed E-state index contributed by atoms with van der Waals surface area (Å²) in [7, 11) is 3.09. The van der Waals surface area contributed by atoms with E-state index in [4.69, 9.17) is 37.3 Å². The lowest BCUT2D eigenvalue weighted by atomic mass is 9.78. The molecule has 2 fully saturated rings. The maximum absolute atomic E-state index is 13.0. The molecule has 0 bridgehead atoms. The molecule has 2 N–H and O–H groups in total. The van der Waals surface area contributed by atoms with Gasteiger partial charge in [0.1, 0.15) is 34.2 Å². The number of hydrogen-bond acceptors (Lipinski definition) is 16. The number of fused-ring (bicyclic) bond motifs is 8. The predicted octanol–water partition coefficient (Wildman–Crippen LogP) is 4.82. The van der Waals surface area contributed by atoms with Crippen LogP contribution in [-0.2, 0) is 19.1 Å². The van der Waals surface area contributed by atoms with Crippen molar-refractivity contribution in [2.24, 2.45) is 0 Å². The summed E-state index contributed by atoms with van der Waals surface area (Å²) in [6.07, 6.45) is 0. The van der Waals surface area contributed by atoms with Crippen LogP contribution in [0.1, 0.15) is 47.9 Å². The Balaban J connectivity index is 0.000000154. The molecule has 10 rings (SSSR count). The molecule has 4 aromatic carbocycles. The molecule has 6 atom stereocenters. The van der Waals surface area contributed by atoms with E-state index in [0.29, 0.717) is 44.6 Å². The van der Waals surface area contributed by atoms with Gasteiger partial charge in [-0.1, -0.05) is 48.5 Å². The van der Waals surface area contributed by atoms with Crippen LogP contribution in [0.4, 0.5) is 0 Å². The van der Waals surface area contributed by atoms with E-state index in [0.717, 1.165) is 0 Å². The summed E-state index contributed by atoms with van der Waals surface area (Å²) in [5.41, 5.74) is -1.89. The van der Waals surface area contributed by atoms with Crippen LogP contribution in [0.3, 0.4) is 0 Å². The third-order valence-electron chi connectivity index (χ3n) is 11.0. The molecule has 0 aliphatic carbocycles. The van der Waals surface area contributed by atoms with Gasteiger partial charge in [-0.05, 0) is 59.7 Å². The van der Waals surface area contributed by atoms with Gasteiger partial charge in [-0.3, -0.25) is 9.59 Å². The summed E-state index contributed by atoms with van der Waals surface area (Å²) in [6.45, 7) is 2.46. The van der Waals surface area contributed by atoms with Crippen molar-refractivity contribution in [1.29, 1.82) is 10.5 Å². The lowest BCUT2D eigenvalue weighted by Crippen LogP contribution is -2.45. The fraction of sp³-hybridized carbons (Fsp3) is 0.227. The first-order valence-electron chi connectivity index (χ1n) is 18.5. The van der Waals surface area contributed by atoms with E-state index >= 15 is 0 Å². The van der Waals surface area contributed by atoms with Gasteiger partial charge in [0.05, 0.1) is 60.1 Å². The van der Waals surface area contributed by atoms with Gasteiger partial charge in [0.15, 0.2) is 0 Å². The molecular weight excluding hydrogens is 776 g/mol. The van der Waals surface area contributed by atoms with Crippen LogP contribution in [-0.4, -0.2) is 49.1 Å². The molecule has 2 aromatic heterocycles. The van der Waals surface area contributed by atoms with E-state index in [1.165, 1.54) is 13.8 Å². The molecule has 0 spiro atoms. The van der Waals surface area contributed by atoms with Crippen LogP contribution in [0.15, 0.2) is 115 Å². The molecule has 300 valence electrons. The maximum atomic E-state index is 13.0. The van der Waals surface area contributed by atoms with Crippen LogP contribution in [0.2, 0.25) is 0 Å². The molecule has 2 saturated heterocycles. The van der Waals surface area contributed by atoms with Crippen LogP contribution in [0.25, 0.3) is 21.9 Å². The fourth-order valence-corrected chi connectivity index (χ4v) is 8.32. The second kappa shape index (κ2) is 13.5. The average Bonchev–Trinajstić information content (AvgIpc) is 4.11. The highest BCUT2D eigenvalue weighted by molar-refractivity contribution is 5.87. The average molecular weight is 809 g/mol. The zero-order chi connectivity index (χ0) is 42.2. The fourth-order valence-electron chi connectivity index (χ4n) is 8.32. The molecular formula is C44H32N4O12. The number of hydrogen-bond donors (Lipinski definition) is 2. The third-order valence-corrected chi connectivity index (χ3v) is 11.0. The van der Waals surface area contributed by atoms with Gasteiger partial charge in [-0.25, -0.2) is 20.2 Å². The van der Waals surface area contributed by atoms with Crippen molar-refractivity contribution in [3.05, 3.63) is 140 Å². The summed E-state index contributed by atoms with van der Waals surface area (Å²) in [6, 6.07) is 32.1. The Bertz CT molecular complexity index is 2790. The number of esters is 2. The number of carbonyl (C=O) groups excluding carboxylic acids is 2.